The zero-order valence-corrected chi connectivity index (χ0v) is 19.1. The van der Waals surface area contributed by atoms with Crippen molar-refractivity contribution in [3.05, 3.63) is 76.6 Å². The molecule has 7 heteroatoms. The van der Waals surface area contributed by atoms with Gasteiger partial charge in [-0.15, -0.1) is 0 Å². The molecule has 2 N–H and O–H groups in total. The van der Waals surface area contributed by atoms with Gasteiger partial charge in [0.2, 0.25) is 0 Å². The van der Waals surface area contributed by atoms with Crippen LogP contribution in [-0.2, 0) is 13.6 Å². The molecule has 0 unspecified atom stereocenters. The number of pyridine rings is 1. The van der Waals surface area contributed by atoms with Crippen molar-refractivity contribution in [3.63, 3.8) is 0 Å². The standard InChI is InChI=1S/C27H26FN5O/c1-32-16-20(14-29-32)18-6-8-23-19(12-18)13-22(27(34)31-23)26-25(28)21-11-17(5-7-24(21)30-26)15-33-9-3-2-4-10-33/h5-8,11-14,16,30H,2-4,9-10,15H2,1H3,(H,31,34). The number of benzene rings is 2. The number of hydrogen-bond donors (Lipinski definition) is 2. The average molecular weight is 456 g/mol. The first-order valence-corrected chi connectivity index (χ1v) is 11.7. The summed E-state index contributed by atoms with van der Waals surface area (Å²) in [4.78, 5) is 21.4. The number of halogens is 1. The first-order valence-electron chi connectivity index (χ1n) is 11.7. The Morgan fingerprint density at radius 2 is 1.79 bits per heavy atom. The van der Waals surface area contributed by atoms with E-state index in [2.05, 4.69) is 20.0 Å². The number of aromatic amines is 2. The molecule has 0 bridgehead atoms. The van der Waals surface area contributed by atoms with E-state index in [0.29, 0.717) is 22.0 Å². The lowest BCUT2D eigenvalue weighted by atomic mass is 10.0. The third-order valence-electron chi connectivity index (χ3n) is 6.81. The van der Waals surface area contributed by atoms with Crippen LogP contribution in [-0.4, -0.2) is 37.7 Å². The molecule has 6 nitrogen and oxygen atoms in total. The normalized spacial score (nSPS) is 14.9. The molecule has 0 saturated carbocycles. The van der Waals surface area contributed by atoms with E-state index < -0.39 is 0 Å². The fourth-order valence-corrected chi connectivity index (χ4v) is 5.01. The van der Waals surface area contributed by atoms with Gasteiger partial charge in [-0.1, -0.05) is 18.6 Å². The predicted octanol–water partition coefficient (Wildman–Crippen LogP) is 5.20. The number of H-pyrrole nitrogens is 2. The second-order valence-electron chi connectivity index (χ2n) is 9.25. The van der Waals surface area contributed by atoms with Gasteiger partial charge in [0.1, 0.15) is 0 Å². The number of nitrogens with zero attached hydrogens (tertiary/aromatic N) is 3. The van der Waals surface area contributed by atoms with Crippen molar-refractivity contribution in [2.45, 2.75) is 25.8 Å². The van der Waals surface area contributed by atoms with Gasteiger partial charge < -0.3 is 9.97 Å². The summed E-state index contributed by atoms with van der Waals surface area (Å²) in [6, 6.07) is 13.4. The van der Waals surface area contributed by atoms with Gasteiger partial charge in [-0.25, -0.2) is 4.39 Å². The first kappa shape index (κ1) is 20.9. The summed E-state index contributed by atoms with van der Waals surface area (Å²) in [7, 11) is 1.87. The van der Waals surface area contributed by atoms with Gasteiger partial charge in [-0.2, -0.15) is 5.10 Å². The van der Waals surface area contributed by atoms with E-state index in [1.54, 1.807) is 16.9 Å². The number of likely N-dealkylation sites (tertiary alicyclic amines) is 1. The van der Waals surface area contributed by atoms with Crippen molar-refractivity contribution in [1.82, 2.24) is 24.6 Å². The molecule has 0 atom stereocenters. The Labute approximate surface area is 196 Å². The number of rotatable bonds is 4. The quantitative estimate of drug-likeness (QED) is 0.391. The minimum atomic E-state index is -0.385. The molecule has 4 heterocycles. The van der Waals surface area contributed by atoms with Crippen molar-refractivity contribution in [1.29, 1.82) is 0 Å². The van der Waals surface area contributed by atoms with E-state index in [-0.39, 0.29) is 17.1 Å². The summed E-state index contributed by atoms with van der Waals surface area (Å²) >= 11 is 0. The van der Waals surface area contributed by atoms with Gasteiger partial charge in [0.15, 0.2) is 5.82 Å². The van der Waals surface area contributed by atoms with Crippen molar-refractivity contribution >= 4 is 21.8 Å². The molecule has 34 heavy (non-hydrogen) atoms. The molecule has 5 aromatic rings. The maximum absolute atomic E-state index is 15.6. The number of aryl methyl sites for hydroxylation is 1. The number of hydrogen-bond acceptors (Lipinski definition) is 3. The van der Waals surface area contributed by atoms with Crippen LogP contribution in [0.1, 0.15) is 24.8 Å². The van der Waals surface area contributed by atoms with Crippen LogP contribution in [0, 0.1) is 5.82 Å². The molecule has 1 aliphatic heterocycles. The number of aromatic nitrogens is 4. The van der Waals surface area contributed by atoms with Gasteiger partial charge in [0, 0.05) is 41.8 Å². The largest absolute Gasteiger partial charge is 0.352 e. The van der Waals surface area contributed by atoms with Crippen LogP contribution in [0.4, 0.5) is 4.39 Å². The molecule has 172 valence electrons. The Balaban J connectivity index is 1.40. The monoisotopic (exact) mass is 455 g/mol. The summed E-state index contributed by atoms with van der Waals surface area (Å²) in [5.74, 6) is -0.385. The van der Waals surface area contributed by atoms with Gasteiger partial charge >= 0.3 is 0 Å². The topological polar surface area (TPSA) is 69.7 Å². The van der Waals surface area contributed by atoms with E-state index in [9.17, 15) is 4.79 Å². The van der Waals surface area contributed by atoms with Gasteiger partial charge in [0.25, 0.3) is 5.56 Å². The highest BCUT2D eigenvalue weighted by Gasteiger charge is 2.18. The highest BCUT2D eigenvalue weighted by molar-refractivity contribution is 5.91. The van der Waals surface area contributed by atoms with Crippen molar-refractivity contribution in [2.75, 3.05) is 13.1 Å². The second kappa shape index (κ2) is 8.25. The third kappa shape index (κ3) is 3.72. The summed E-state index contributed by atoms with van der Waals surface area (Å²) in [5, 5.41) is 5.59. The Morgan fingerprint density at radius 1 is 0.971 bits per heavy atom. The summed E-state index contributed by atoms with van der Waals surface area (Å²) < 4.78 is 17.3. The van der Waals surface area contributed by atoms with E-state index in [0.717, 1.165) is 41.7 Å². The Kier molecular flexibility index (Phi) is 5.07. The molecule has 1 aliphatic rings. The minimum absolute atomic E-state index is 0.222. The lowest BCUT2D eigenvalue weighted by molar-refractivity contribution is 0.221. The summed E-state index contributed by atoms with van der Waals surface area (Å²) in [5.41, 5.74) is 4.66. The minimum Gasteiger partial charge on any atom is -0.352 e. The van der Waals surface area contributed by atoms with Crippen LogP contribution < -0.4 is 5.56 Å². The SMILES string of the molecule is Cn1cc(-c2ccc3[nH]c(=O)c(-c4[nH]c5ccc(CN6CCCCC6)cc5c4F)cc3c2)cn1. The molecule has 1 fully saturated rings. The molecular weight excluding hydrogens is 429 g/mol. The van der Waals surface area contributed by atoms with Gasteiger partial charge in [-0.3, -0.25) is 14.4 Å². The van der Waals surface area contributed by atoms with Crippen LogP contribution in [0.2, 0.25) is 0 Å². The zero-order chi connectivity index (χ0) is 23.2. The first-order chi connectivity index (χ1) is 16.5. The second-order valence-corrected chi connectivity index (χ2v) is 9.25. The third-order valence-corrected chi connectivity index (χ3v) is 6.81. The van der Waals surface area contributed by atoms with E-state index in [1.165, 1.54) is 19.3 Å². The highest BCUT2D eigenvalue weighted by Crippen LogP contribution is 2.30. The predicted molar refractivity (Wildman–Crippen MR) is 133 cm³/mol. The molecule has 0 aliphatic carbocycles. The molecule has 0 radical (unpaired) electrons. The van der Waals surface area contributed by atoms with Crippen LogP contribution in [0.5, 0.6) is 0 Å². The molecule has 3 aromatic heterocycles. The molecule has 0 spiro atoms. The van der Waals surface area contributed by atoms with Gasteiger partial charge in [0.05, 0.1) is 17.5 Å². The fourth-order valence-electron chi connectivity index (χ4n) is 5.01. The maximum atomic E-state index is 15.6. The van der Waals surface area contributed by atoms with Crippen LogP contribution in [0.3, 0.4) is 0 Å². The lowest BCUT2D eigenvalue weighted by Crippen LogP contribution is -2.29. The Bertz CT molecular complexity index is 1570. The molecule has 1 saturated heterocycles. The van der Waals surface area contributed by atoms with E-state index in [4.69, 9.17) is 0 Å². The van der Waals surface area contributed by atoms with Crippen LogP contribution >= 0.6 is 0 Å². The summed E-state index contributed by atoms with van der Waals surface area (Å²) in [6.07, 6.45) is 7.46. The number of piperidine rings is 1. The lowest BCUT2D eigenvalue weighted by Gasteiger charge is -2.26. The highest BCUT2D eigenvalue weighted by atomic mass is 19.1. The van der Waals surface area contributed by atoms with E-state index >= 15 is 4.39 Å². The summed E-state index contributed by atoms with van der Waals surface area (Å²) in [6.45, 7) is 3.00. The molecule has 6 rings (SSSR count). The maximum Gasteiger partial charge on any atom is 0.257 e. The van der Waals surface area contributed by atoms with Crippen LogP contribution in [0.15, 0.2) is 59.7 Å². The van der Waals surface area contributed by atoms with Gasteiger partial charge in [-0.05, 0) is 72.8 Å². The van der Waals surface area contributed by atoms with Crippen molar-refractivity contribution < 1.29 is 4.39 Å². The number of nitrogens with one attached hydrogen (secondary N) is 2. The fraction of sp³-hybridized carbons (Fsp3) is 0.259. The zero-order valence-electron chi connectivity index (χ0n) is 19.1. The van der Waals surface area contributed by atoms with Crippen LogP contribution in [0.25, 0.3) is 44.2 Å². The molecule has 2 aromatic carbocycles. The van der Waals surface area contributed by atoms with Crippen molar-refractivity contribution in [3.8, 4) is 22.4 Å². The Morgan fingerprint density at radius 3 is 2.59 bits per heavy atom. The Hall–Kier alpha value is -3.71. The van der Waals surface area contributed by atoms with Crippen molar-refractivity contribution in [2.24, 2.45) is 7.05 Å². The van der Waals surface area contributed by atoms with E-state index in [1.807, 2.05) is 49.6 Å². The molecular formula is C27H26FN5O. The average Bonchev–Trinajstić information content (AvgIpc) is 3.42. The smallest absolute Gasteiger partial charge is 0.257 e. The number of fused-ring (bicyclic) bond motifs is 2. The molecule has 0 amide bonds.